The van der Waals surface area contributed by atoms with Crippen molar-refractivity contribution < 1.29 is 13.2 Å². The van der Waals surface area contributed by atoms with E-state index in [1.165, 1.54) is 17.7 Å². The van der Waals surface area contributed by atoms with Crippen LogP contribution in [0.25, 0.3) is 0 Å². The van der Waals surface area contributed by atoms with Gasteiger partial charge in [0.2, 0.25) is 0 Å². The highest BCUT2D eigenvalue weighted by Crippen LogP contribution is 2.29. The summed E-state index contributed by atoms with van der Waals surface area (Å²) in [5.41, 5.74) is 0. The predicted octanol–water partition coefficient (Wildman–Crippen LogP) is 4.26. The first-order valence-corrected chi connectivity index (χ1v) is 9.55. The van der Waals surface area contributed by atoms with Crippen LogP contribution in [0.2, 0.25) is 0 Å². The van der Waals surface area contributed by atoms with E-state index in [0.29, 0.717) is 12.5 Å². The van der Waals surface area contributed by atoms with Gasteiger partial charge in [0.1, 0.15) is 0 Å². The summed E-state index contributed by atoms with van der Waals surface area (Å²) in [4.78, 5) is 7.76. The average molecular weight is 504 g/mol. The van der Waals surface area contributed by atoms with Gasteiger partial charge in [-0.1, -0.05) is 13.0 Å². The molecule has 4 nitrogen and oxygen atoms in total. The van der Waals surface area contributed by atoms with Gasteiger partial charge in [0, 0.05) is 25.0 Å². The molecule has 0 bridgehead atoms. The van der Waals surface area contributed by atoms with E-state index >= 15 is 0 Å². The van der Waals surface area contributed by atoms with Gasteiger partial charge in [0.15, 0.2) is 5.96 Å². The number of guanidine groups is 1. The van der Waals surface area contributed by atoms with Crippen LogP contribution in [0.4, 0.5) is 13.2 Å². The Kier molecular flexibility index (Phi) is 10.2. The van der Waals surface area contributed by atoms with Crippen LogP contribution in [0.3, 0.4) is 0 Å². The van der Waals surface area contributed by atoms with E-state index in [2.05, 4.69) is 38.9 Å². The van der Waals surface area contributed by atoms with E-state index in [1.807, 2.05) is 6.07 Å². The summed E-state index contributed by atoms with van der Waals surface area (Å²) in [7, 11) is 1.58. The number of piperidine rings is 1. The summed E-state index contributed by atoms with van der Waals surface area (Å²) >= 11 is 1.72. The standard InChI is InChI=1S/C17H27F3N4S.HI/c1-13-5-9-24(10-6-13)14(15-4-3-11-25-15)12-23-16(21-2)22-8-7-17(18,19)20;/h3-4,11,13-14H,5-10,12H2,1-2H3,(H2,21,22,23);1H. The van der Waals surface area contributed by atoms with E-state index < -0.39 is 12.6 Å². The number of halogens is 4. The van der Waals surface area contributed by atoms with E-state index in [4.69, 9.17) is 0 Å². The highest BCUT2D eigenvalue weighted by Gasteiger charge is 2.27. The van der Waals surface area contributed by atoms with Crippen molar-refractivity contribution in [1.82, 2.24) is 15.5 Å². The molecule has 1 atom stereocenters. The molecule has 1 saturated heterocycles. The zero-order chi connectivity index (χ0) is 18.3. The van der Waals surface area contributed by atoms with Crippen LogP contribution in [0, 0.1) is 5.92 Å². The van der Waals surface area contributed by atoms with Gasteiger partial charge >= 0.3 is 6.18 Å². The Hall–Kier alpha value is -0.550. The first-order chi connectivity index (χ1) is 11.9. The van der Waals surface area contributed by atoms with Gasteiger partial charge < -0.3 is 10.6 Å². The van der Waals surface area contributed by atoms with Crippen LogP contribution in [0.15, 0.2) is 22.5 Å². The molecule has 0 aliphatic carbocycles. The SMILES string of the molecule is CN=C(NCCC(F)(F)F)NCC(c1cccs1)N1CCC(C)CC1.I. The van der Waals surface area contributed by atoms with Crippen LogP contribution < -0.4 is 10.6 Å². The van der Waals surface area contributed by atoms with Crippen molar-refractivity contribution in [3.8, 4) is 0 Å². The van der Waals surface area contributed by atoms with Crippen LogP contribution in [-0.2, 0) is 0 Å². The van der Waals surface area contributed by atoms with Crippen molar-refractivity contribution in [3.05, 3.63) is 22.4 Å². The fraction of sp³-hybridized carbons (Fsp3) is 0.706. The molecule has 1 unspecified atom stereocenters. The van der Waals surface area contributed by atoms with Crippen molar-refractivity contribution in [2.45, 2.75) is 38.4 Å². The highest BCUT2D eigenvalue weighted by molar-refractivity contribution is 14.0. The number of aliphatic imine (C=N–C) groups is 1. The number of nitrogens with zero attached hydrogens (tertiary/aromatic N) is 2. The summed E-state index contributed by atoms with van der Waals surface area (Å²) < 4.78 is 36.8. The molecule has 2 N–H and O–H groups in total. The maximum atomic E-state index is 12.3. The minimum atomic E-state index is -4.16. The Morgan fingerprint density at radius 1 is 1.35 bits per heavy atom. The zero-order valence-electron chi connectivity index (χ0n) is 15.2. The van der Waals surface area contributed by atoms with Crippen LogP contribution in [0.1, 0.15) is 37.1 Å². The predicted molar refractivity (Wildman–Crippen MR) is 112 cm³/mol. The lowest BCUT2D eigenvalue weighted by atomic mass is 9.97. The van der Waals surface area contributed by atoms with Gasteiger partial charge in [-0.3, -0.25) is 9.89 Å². The molecule has 0 spiro atoms. The number of likely N-dealkylation sites (tertiary alicyclic amines) is 1. The molecule has 9 heteroatoms. The molecular formula is C17H28F3IN4S. The summed E-state index contributed by atoms with van der Waals surface area (Å²) in [6, 6.07) is 4.37. The summed E-state index contributed by atoms with van der Waals surface area (Å²) in [5, 5.41) is 7.99. The Labute approximate surface area is 174 Å². The lowest BCUT2D eigenvalue weighted by molar-refractivity contribution is -0.132. The van der Waals surface area contributed by atoms with Crippen LogP contribution in [0.5, 0.6) is 0 Å². The van der Waals surface area contributed by atoms with Gasteiger partial charge in [-0.05, 0) is 43.3 Å². The summed E-state index contributed by atoms with van der Waals surface area (Å²) in [5.74, 6) is 1.17. The Morgan fingerprint density at radius 3 is 2.58 bits per heavy atom. The van der Waals surface area contributed by atoms with E-state index in [-0.39, 0.29) is 36.6 Å². The van der Waals surface area contributed by atoms with Crippen LogP contribution in [-0.4, -0.2) is 50.3 Å². The minimum Gasteiger partial charge on any atom is -0.356 e. The first kappa shape index (κ1) is 23.5. The third-order valence-corrected chi connectivity index (χ3v) is 5.49. The molecule has 0 radical (unpaired) electrons. The number of nitrogens with one attached hydrogen (secondary N) is 2. The molecule has 150 valence electrons. The Bertz CT molecular complexity index is 529. The molecule has 1 aliphatic heterocycles. The fourth-order valence-electron chi connectivity index (χ4n) is 2.97. The molecule has 1 aromatic heterocycles. The second-order valence-corrected chi connectivity index (χ2v) is 7.47. The van der Waals surface area contributed by atoms with Gasteiger partial charge in [0.25, 0.3) is 0 Å². The first-order valence-electron chi connectivity index (χ1n) is 8.68. The lowest BCUT2D eigenvalue weighted by Crippen LogP contribution is -2.45. The Morgan fingerprint density at radius 2 is 2.04 bits per heavy atom. The van der Waals surface area contributed by atoms with Gasteiger partial charge in [0.05, 0.1) is 12.5 Å². The van der Waals surface area contributed by atoms with Gasteiger partial charge in [-0.2, -0.15) is 13.2 Å². The molecule has 1 aromatic rings. The molecule has 0 amide bonds. The van der Waals surface area contributed by atoms with E-state index in [0.717, 1.165) is 19.0 Å². The van der Waals surface area contributed by atoms with Crippen molar-refractivity contribution in [1.29, 1.82) is 0 Å². The lowest BCUT2D eigenvalue weighted by Gasteiger charge is -2.36. The van der Waals surface area contributed by atoms with Crippen LogP contribution >= 0.6 is 35.3 Å². The molecule has 1 aliphatic rings. The largest absolute Gasteiger partial charge is 0.390 e. The van der Waals surface area contributed by atoms with Gasteiger partial charge in [-0.15, -0.1) is 35.3 Å². The fourth-order valence-corrected chi connectivity index (χ4v) is 3.83. The molecule has 2 rings (SSSR count). The number of rotatable bonds is 6. The van der Waals surface area contributed by atoms with Crippen molar-refractivity contribution in [3.63, 3.8) is 0 Å². The maximum absolute atomic E-state index is 12.3. The minimum absolute atomic E-state index is 0. The normalized spacial score (nSPS) is 18.3. The smallest absolute Gasteiger partial charge is 0.356 e. The third kappa shape index (κ3) is 7.99. The highest BCUT2D eigenvalue weighted by atomic mass is 127. The quantitative estimate of drug-likeness (QED) is 0.346. The van der Waals surface area contributed by atoms with E-state index in [1.54, 1.807) is 18.4 Å². The number of alkyl halides is 3. The van der Waals surface area contributed by atoms with E-state index in [9.17, 15) is 13.2 Å². The molecular weight excluding hydrogens is 476 g/mol. The average Bonchev–Trinajstić information content (AvgIpc) is 3.08. The maximum Gasteiger partial charge on any atom is 0.390 e. The summed E-state index contributed by atoms with van der Waals surface area (Å²) in [6.07, 6.45) is -2.66. The molecule has 1 fully saturated rings. The second kappa shape index (κ2) is 11.3. The number of thiophene rings is 1. The molecule has 26 heavy (non-hydrogen) atoms. The van der Waals surface area contributed by atoms with Crippen molar-refractivity contribution >= 4 is 41.3 Å². The molecule has 2 heterocycles. The third-order valence-electron chi connectivity index (χ3n) is 4.52. The Balaban J connectivity index is 0.00000338. The molecule has 0 saturated carbocycles. The number of hydrogen-bond donors (Lipinski definition) is 2. The van der Waals surface area contributed by atoms with Crippen molar-refractivity contribution in [2.24, 2.45) is 10.9 Å². The monoisotopic (exact) mass is 504 g/mol. The number of hydrogen-bond acceptors (Lipinski definition) is 3. The topological polar surface area (TPSA) is 39.7 Å². The van der Waals surface area contributed by atoms with Gasteiger partial charge in [-0.25, -0.2) is 0 Å². The molecule has 0 aromatic carbocycles. The zero-order valence-corrected chi connectivity index (χ0v) is 18.3. The summed E-state index contributed by atoms with van der Waals surface area (Å²) in [6.45, 7) is 4.83. The second-order valence-electron chi connectivity index (χ2n) is 6.49. The van der Waals surface area contributed by atoms with Crippen molar-refractivity contribution in [2.75, 3.05) is 33.2 Å².